The number of alkyl halides is 2. The lowest BCUT2D eigenvalue weighted by atomic mass is 10.0. The Balaban J connectivity index is 1.88. The van der Waals surface area contributed by atoms with Gasteiger partial charge in [-0.05, 0) is 37.3 Å². The normalized spacial score (nSPS) is 16.0. The van der Waals surface area contributed by atoms with Crippen molar-refractivity contribution in [2.75, 3.05) is 30.3 Å². The summed E-state index contributed by atoms with van der Waals surface area (Å²) in [7, 11) is 0. The number of halogens is 2. The predicted octanol–water partition coefficient (Wildman–Crippen LogP) is 3.32. The van der Waals surface area contributed by atoms with Gasteiger partial charge >= 0.3 is 0 Å². The summed E-state index contributed by atoms with van der Waals surface area (Å²) in [5.41, 5.74) is 7.77. The smallest absolute Gasteiger partial charge is 0.266 e. The van der Waals surface area contributed by atoms with E-state index in [9.17, 15) is 8.78 Å². The summed E-state index contributed by atoms with van der Waals surface area (Å²) in [4.78, 5) is 5.71. The van der Waals surface area contributed by atoms with Crippen LogP contribution in [-0.2, 0) is 0 Å². The third-order valence-electron chi connectivity index (χ3n) is 4.13. The van der Waals surface area contributed by atoms with Crippen molar-refractivity contribution < 1.29 is 13.5 Å². The van der Waals surface area contributed by atoms with E-state index in [-0.39, 0.29) is 25.2 Å². The largest absolute Gasteiger partial charge is 0.494 e. The zero-order valence-corrected chi connectivity index (χ0v) is 13.9. The first-order chi connectivity index (χ1) is 11.9. The van der Waals surface area contributed by atoms with Gasteiger partial charge in [-0.25, -0.2) is 13.8 Å². The third-order valence-corrected chi connectivity index (χ3v) is 4.13. The molecule has 0 aliphatic carbocycles. The molecule has 2 aromatic rings. The molecule has 3 N–H and O–H groups in total. The van der Waals surface area contributed by atoms with Crippen molar-refractivity contribution in [3.05, 3.63) is 47.7 Å². The Hall–Kier alpha value is -2.70. The first-order valence-corrected chi connectivity index (χ1v) is 8.10. The summed E-state index contributed by atoms with van der Waals surface area (Å²) in [6.07, 6.45) is 1.35. The monoisotopic (exact) mass is 346 g/mol. The first kappa shape index (κ1) is 17.1. The number of nitrogen functional groups attached to an aromatic ring is 1. The van der Waals surface area contributed by atoms with Crippen LogP contribution in [0.15, 0.2) is 36.5 Å². The topological polar surface area (TPSA) is 75.2 Å². The fraction of sp³-hybridized carbons (Fsp3) is 0.333. The van der Waals surface area contributed by atoms with Crippen LogP contribution in [-0.4, -0.2) is 36.3 Å². The van der Waals surface area contributed by atoms with Gasteiger partial charge in [-0.1, -0.05) is 0 Å². The van der Waals surface area contributed by atoms with E-state index in [1.807, 2.05) is 6.92 Å². The van der Waals surface area contributed by atoms with Crippen molar-refractivity contribution in [3.63, 3.8) is 0 Å². The molecule has 0 unspecified atom stereocenters. The Kier molecular flexibility index (Phi) is 4.57. The van der Waals surface area contributed by atoms with Gasteiger partial charge in [0.1, 0.15) is 11.6 Å². The molecule has 0 atom stereocenters. The van der Waals surface area contributed by atoms with E-state index in [1.165, 1.54) is 11.1 Å². The van der Waals surface area contributed by atoms with Crippen molar-refractivity contribution in [2.24, 2.45) is 0 Å². The number of nitrogens with zero attached hydrogens (tertiary/aromatic N) is 2. The lowest BCUT2D eigenvalue weighted by Crippen LogP contribution is -2.25. The second kappa shape index (κ2) is 6.66. The van der Waals surface area contributed by atoms with Gasteiger partial charge in [0, 0.05) is 36.0 Å². The maximum atomic E-state index is 13.4. The van der Waals surface area contributed by atoms with Crippen molar-refractivity contribution >= 4 is 17.2 Å². The summed E-state index contributed by atoms with van der Waals surface area (Å²) >= 11 is 0. The van der Waals surface area contributed by atoms with Crippen LogP contribution in [0.4, 0.5) is 20.3 Å². The molecular formula is C18H20F2N4O. The number of hydrogen-bond donors (Lipinski definition) is 2. The Morgan fingerprint density at radius 2 is 2.16 bits per heavy atom. The molecule has 7 heteroatoms. The second-order valence-corrected chi connectivity index (χ2v) is 5.99. The number of ether oxygens (including phenoxy) is 1. The number of nitrogens with one attached hydrogen (secondary N) is 1. The molecule has 3 rings (SSSR count). The van der Waals surface area contributed by atoms with Crippen LogP contribution >= 0.6 is 0 Å². The molecule has 0 radical (unpaired) electrons. The Labute approximate surface area is 144 Å². The molecule has 1 aromatic carbocycles. The van der Waals surface area contributed by atoms with Gasteiger partial charge in [0.15, 0.2) is 0 Å². The van der Waals surface area contributed by atoms with E-state index in [2.05, 4.69) is 4.98 Å². The highest BCUT2D eigenvalue weighted by atomic mass is 19.3. The van der Waals surface area contributed by atoms with Gasteiger partial charge < -0.3 is 15.4 Å². The predicted molar refractivity (Wildman–Crippen MR) is 94.0 cm³/mol. The lowest BCUT2D eigenvalue weighted by molar-refractivity contribution is 0.0256. The summed E-state index contributed by atoms with van der Waals surface area (Å²) in [6, 6.07) is 8.48. The van der Waals surface area contributed by atoms with Crippen LogP contribution in [0, 0.1) is 5.41 Å². The van der Waals surface area contributed by atoms with Crippen molar-refractivity contribution in [1.29, 1.82) is 5.41 Å². The molecule has 1 aliphatic rings. The Morgan fingerprint density at radius 1 is 1.36 bits per heavy atom. The summed E-state index contributed by atoms with van der Waals surface area (Å²) in [5.74, 6) is -1.62. The van der Waals surface area contributed by atoms with Gasteiger partial charge in [-0.15, -0.1) is 0 Å². The van der Waals surface area contributed by atoms with Crippen LogP contribution in [0.25, 0.3) is 0 Å². The molecule has 132 valence electrons. The first-order valence-electron chi connectivity index (χ1n) is 8.10. The zero-order chi connectivity index (χ0) is 18.0. The molecule has 5 nitrogen and oxygen atoms in total. The highest BCUT2D eigenvalue weighted by molar-refractivity contribution is 6.14. The molecule has 0 spiro atoms. The Morgan fingerprint density at radius 3 is 2.84 bits per heavy atom. The molecule has 2 heterocycles. The SMILES string of the molecule is CCOc1ccc(N)c(C(=N)c2ccnc(N3CCC(F)(F)C3)c2)c1. The Bertz CT molecular complexity index is 794. The van der Waals surface area contributed by atoms with Gasteiger partial charge in [0.05, 0.1) is 18.9 Å². The number of nitrogens with two attached hydrogens (primary N) is 1. The molecule has 25 heavy (non-hydrogen) atoms. The van der Waals surface area contributed by atoms with Crippen molar-refractivity contribution in [2.45, 2.75) is 19.3 Å². The van der Waals surface area contributed by atoms with E-state index >= 15 is 0 Å². The maximum absolute atomic E-state index is 13.4. The van der Waals surface area contributed by atoms with E-state index in [0.717, 1.165) is 0 Å². The number of anilines is 2. The fourth-order valence-corrected chi connectivity index (χ4v) is 2.84. The molecule has 1 aromatic heterocycles. The number of aromatic nitrogens is 1. The second-order valence-electron chi connectivity index (χ2n) is 5.99. The van der Waals surface area contributed by atoms with Crippen molar-refractivity contribution in [1.82, 2.24) is 4.98 Å². The summed E-state index contributed by atoms with van der Waals surface area (Å²) in [5, 5.41) is 8.46. The number of rotatable bonds is 5. The van der Waals surface area contributed by atoms with Gasteiger partial charge in [-0.2, -0.15) is 0 Å². The molecular weight excluding hydrogens is 326 g/mol. The number of pyridine rings is 1. The molecule has 1 aliphatic heterocycles. The van der Waals surface area contributed by atoms with Crippen LogP contribution < -0.4 is 15.4 Å². The average Bonchev–Trinajstić information content (AvgIpc) is 2.96. The van der Waals surface area contributed by atoms with Crippen molar-refractivity contribution in [3.8, 4) is 5.75 Å². The van der Waals surface area contributed by atoms with E-state index in [4.69, 9.17) is 15.9 Å². The molecule has 0 saturated carbocycles. The number of benzene rings is 1. The fourth-order valence-electron chi connectivity index (χ4n) is 2.84. The van der Waals surface area contributed by atoms with E-state index < -0.39 is 5.92 Å². The minimum absolute atomic E-state index is 0.181. The zero-order valence-electron chi connectivity index (χ0n) is 13.9. The van der Waals surface area contributed by atoms with Gasteiger partial charge in [0.25, 0.3) is 5.92 Å². The molecule has 1 saturated heterocycles. The highest BCUT2D eigenvalue weighted by Gasteiger charge is 2.38. The molecule has 0 bridgehead atoms. The standard InChI is InChI=1S/C18H20F2N4O/c1-2-25-13-3-4-15(21)14(10-13)17(22)12-5-7-23-16(9-12)24-8-6-18(19,20)11-24/h3-5,7,9-10,22H,2,6,8,11,21H2,1H3. The van der Waals surface area contributed by atoms with Crippen LogP contribution in [0.2, 0.25) is 0 Å². The van der Waals surface area contributed by atoms with Crippen LogP contribution in [0.3, 0.4) is 0 Å². The van der Waals surface area contributed by atoms with Gasteiger partial charge in [-0.3, -0.25) is 5.41 Å². The van der Waals surface area contributed by atoms with Crippen LogP contribution in [0.1, 0.15) is 24.5 Å². The van der Waals surface area contributed by atoms with E-state index in [1.54, 1.807) is 30.3 Å². The molecule has 1 fully saturated rings. The number of hydrogen-bond acceptors (Lipinski definition) is 5. The highest BCUT2D eigenvalue weighted by Crippen LogP contribution is 2.30. The maximum Gasteiger partial charge on any atom is 0.266 e. The average molecular weight is 346 g/mol. The third kappa shape index (κ3) is 3.70. The minimum atomic E-state index is -2.69. The van der Waals surface area contributed by atoms with E-state index in [0.29, 0.717) is 35.0 Å². The lowest BCUT2D eigenvalue weighted by Gasteiger charge is -2.18. The van der Waals surface area contributed by atoms with Crippen LogP contribution in [0.5, 0.6) is 5.75 Å². The summed E-state index contributed by atoms with van der Waals surface area (Å²) in [6.45, 7) is 2.29. The van der Waals surface area contributed by atoms with Gasteiger partial charge in [0.2, 0.25) is 0 Å². The summed E-state index contributed by atoms with van der Waals surface area (Å²) < 4.78 is 32.3. The minimum Gasteiger partial charge on any atom is -0.494 e. The molecule has 0 amide bonds. The quantitative estimate of drug-likeness (QED) is 0.643.